The minimum Gasteiger partial charge on any atom is -0.395 e. The van der Waals surface area contributed by atoms with E-state index < -0.39 is 0 Å². The fraction of sp³-hybridized carbons (Fsp3) is 0.462. The molecule has 0 saturated heterocycles. The Morgan fingerprint density at radius 3 is 2.79 bits per heavy atom. The minimum absolute atomic E-state index is 0.125. The second-order valence-electron chi connectivity index (χ2n) is 4.09. The van der Waals surface area contributed by atoms with E-state index in [0.717, 1.165) is 0 Å². The maximum atomic E-state index is 13.0. The number of amides is 2. The fourth-order valence-electron chi connectivity index (χ4n) is 1.60. The van der Waals surface area contributed by atoms with Crippen LogP contribution in [0.1, 0.15) is 5.56 Å². The summed E-state index contributed by atoms with van der Waals surface area (Å²) in [6, 6.07) is 3.80. The van der Waals surface area contributed by atoms with Crippen LogP contribution in [0.15, 0.2) is 18.2 Å². The van der Waals surface area contributed by atoms with Crippen LogP contribution in [0.3, 0.4) is 0 Å². The molecule has 106 valence electrons. The summed E-state index contributed by atoms with van der Waals surface area (Å²) in [4.78, 5) is 13.4. The van der Waals surface area contributed by atoms with Gasteiger partial charge in [0.25, 0.3) is 0 Å². The number of hydrogen-bond acceptors (Lipinski definition) is 3. The average Bonchev–Trinajstić information content (AvgIpc) is 2.37. The van der Waals surface area contributed by atoms with Gasteiger partial charge in [0.2, 0.25) is 0 Å². The van der Waals surface area contributed by atoms with Gasteiger partial charge in [-0.2, -0.15) is 0 Å². The van der Waals surface area contributed by atoms with Crippen LogP contribution in [0.2, 0.25) is 0 Å². The smallest absolute Gasteiger partial charge is 0.322 e. The molecule has 2 N–H and O–H groups in total. The number of anilines is 1. The molecule has 6 heteroatoms. The van der Waals surface area contributed by atoms with Crippen molar-refractivity contribution >= 4 is 11.7 Å². The van der Waals surface area contributed by atoms with Gasteiger partial charge in [0.15, 0.2) is 0 Å². The summed E-state index contributed by atoms with van der Waals surface area (Å²) in [7, 11) is 1.54. The molecule has 0 heterocycles. The number of nitrogens with zero attached hydrogens (tertiary/aromatic N) is 1. The molecule has 19 heavy (non-hydrogen) atoms. The number of ether oxygens (including phenoxy) is 1. The van der Waals surface area contributed by atoms with Gasteiger partial charge in [-0.1, -0.05) is 0 Å². The molecule has 0 atom stereocenters. The van der Waals surface area contributed by atoms with Crippen LogP contribution in [0.25, 0.3) is 0 Å². The molecule has 1 aromatic carbocycles. The highest BCUT2D eigenvalue weighted by atomic mass is 19.1. The second kappa shape index (κ2) is 7.70. The highest BCUT2D eigenvalue weighted by Gasteiger charge is 2.13. The zero-order chi connectivity index (χ0) is 14.3. The Labute approximate surface area is 112 Å². The van der Waals surface area contributed by atoms with Crippen molar-refractivity contribution in [3.63, 3.8) is 0 Å². The number of benzene rings is 1. The van der Waals surface area contributed by atoms with E-state index in [4.69, 9.17) is 9.84 Å². The lowest BCUT2D eigenvalue weighted by molar-refractivity contribution is 0.142. The van der Waals surface area contributed by atoms with Gasteiger partial charge in [0.1, 0.15) is 5.82 Å². The average molecular weight is 270 g/mol. The number of urea groups is 1. The van der Waals surface area contributed by atoms with Crippen molar-refractivity contribution in [3.8, 4) is 0 Å². The summed E-state index contributed by atoms with van der Waals surface area (Å²) >= 11 is 0. The maximum absolute atomic E-state index is 13.0. The van der Waals surface area contributed by atoms with Crippen molar-refractivity contribution in [1.82, 2.24) is 4.90 Å². The number of carbonyl (C=O) groups excluding carboxylic acids is 1. The van der Waals surface area contributed by atoms with Crippen LogP contribution >= 0.6 is 0 Å². The minimum atomic E-state index is -0.346. The lowest BCUT2D eigenvalue weighted by Gasteiger charge is -2.22. The van der Waals surface area contributed by atoms with Gasteiger partial charge in [0, 0.05) is 25.9 Å². The van der Waals surface area contributed by atoms with E-state index in [9.17, 15) is 9.18 Å². The molecule has 0 saturated carbocycles. The Morgan fingerprint density at radius 2 is 2.21 bits per heavy atom. The number of aryl methyl sites for hydroxylation is 1. The molecule has 1 rings (SSSR count). The van der Waals surface area contributed by atoms with E-state index >= 15 is 0 Å². The molecule has 0 fully saturated rings. The first-order chi connectivity index (χ1) is 9.08. The monoisotopic (exact) mass is 270 g/mol. The van der Waals surface area contributed by atoms with Crippen molar-refractivity contribution in [2.75, 3.05) is 38.7 Å². The molecule has 0 aromatic heterocycles. The lowest BCUT2D eigenvalue weighted by atomic mass is 10.2. The summed E-state index contributed by atoms with van der Waals surface area (Å²) in [6.07, 6.45) is 0. The van der Waals surface area contributed by atoms with Crippen LogP contribution in [0.5, 0.6) is 0 Å². The van der Waals surface area contributed by atoms with E-state index in [1.54, 1.807) is 14.0 Å². The molecule has 0 unspecified atom stereocenters. The van der Waals surface area contributed by atoms with Crippen molar-refractivity contribution in [2.45, 2.75) is 6.92 Å². The fourth-order valence-corrected chi connectivity index (χ4v) is 1.60. The summed E-state index contributed by atoms with van der Waals surface area (Å²) in [5.41, 5.74) is 1.19. The lowest BCUT2D eigenvalue weighted by Crippen LogP contribution is -2.39. The number of rotatable bonds is 6. The highest BCUT2D eigenvalue weighted by molar-refractivity contribution is 5.90. The zero-order valence-corrected chi connectivity index (χ0v) is 11.1. The predicted octanol–water partition coefficient (Wildman–Crippen LogP) is 1.61. The molecule has 0 aliphatic carbocycles. The van der Waals surface area contributed by atoms with E-state index in [0.29, 0.717) is 24.4 Å². The first-order valence-electron chi connectivity index (χ1n) is 6.00. The number of nitrogens with one attached hydrogen (secondary N) is 1. The van der Waals surface area contributed by atoms with Gasteiger partial charge in [-0.05, 0) is 30.7 Å². The van der Waals surface area contributed by atoms with Crippen molar-refractivity contribution in [2.24, 2.45) is 0 Å². The third-order valence-corrected chi connectivity index (χ3v) is 2.65. The van der Waals surface area contributed by atoms with Gasteiger partial charge in [-0.3, -0.25) is 0 Å². The zero-order valence-electron chi connectivity index (χ0n) is 11.1. The SMILES string of the molecule is COCCN(CCO)C(=O)Nc1ccc(F)cc1C. The quantitative estimate of drug-likeness (QED) is 0.825. The summed E-state index contributed by atoms with van der Waals surface area (Å²) < 4.78 is 17.9. The number of methoxy groups -OCH3 is 1. The van der Waals surface area contributed by atoms with E-state index in [2.05, 4.69) is 5.32 Å². The molecule has 0 aliphatic heterocycles. The van der Waals surface area contributed by atoms with Gasteiger partial charge >= 0.3 is 6.03 Å². The largest absolute Gasteiger partial charge is 0.395 e. The third-order valence-electron chi connectivity index (χ3n) is 2.65. The highest BCUT2D eigenvalue weighted by Crippen LogP contribution is 2.16. The number of halogens is 1. The molecule has 0 radical (unpaired) electrons. The van der Waals surface area contributed by atoms with Crippen molar-refractivity contribution < 1.29 is 19.0 Å². The normalized spacial score (nSPS) is 10.3. The third kappa shape index (κ3) is 4.84. The van der Waals surface area contributed by atoms with Crippen LogP contribution < -0.4 is 5.32 Å². The molecule has 2 amide bonds. The van der Waals surface area contributed by atoms with Crippen LogP contribution in [-0.2, 0) is 4.74 Å². The maximum Gasteiger partial charge on any atom is 0.322 e. The van der Waals surface area contributed by atoms with E-state index in [1.165, 1.54) is 23.1 Å². The Kier molecular flexibility index (Phi) is 6.24. The van der Waals surface area contributed by atoms with Crippen molar-refractivity contribution in [3.05, 3.63) is 29.6 Å². The number of aliphatic hydroxyl groups excluding tert-OH is 1. The molecule has 0 aliphatic rings. The summed E-state index contributed by atoms with van der Waals surface area (Å²) in [5, 5.41) is 11.6. The van der Waals surface area contributed by atoms with Gasteiger partial charge in [-0.25, -0.2) is 9.18 Å². The van der Waals surface area contributed by atoms with Gasteiger partial charge < -0.3 is 20.1 Å². The number of aliphatic hydroxyl groups is 1. The van der Waals surface area contributed by atoms with Crippen LogP contribution in [0, 0.1) is 12.7 Å². The molecular weight excluding hydrogens is 251 g/mol. The summed E-state index contributed by atoms with van der Waals surface area (Å²) in [5.74, 6) is -0.345. The van der Waals surface area contributed by atoms with Gasteiger partial charge in [0.05, 0.1) is 13.2 Å². The first-order valence-corrected chi connectivity index (χ1v) is 6.00. The Balaban J connectivity index is 2.69. The van der Waals surface area contributed by atoms with Crippen LogP contribution in [-0.4, -0.2) is 49.5 Å². The summed E-state index contributed by atoms with van der Waals surface area (Å²) in [6.45, 7) is 2.57. The van der Waals surface area contributed by atoms with E-state index in [1.807, 2.05) is 0 Å². The standard InChI is InChI=1S/C13H19FN2O3/c1-10-9-11(14)3-4-12(10)15-13(18)16(5-7-17)6-8-19-2/h3-4,9,17H,5-8H2,1-2H3,(H,15,18). The van der Waals surface area contributed by atoms with Crippen LogP contribution in [0.4, 0.5) is 14.9 Å². The molecule has 5 nitrogen and oxygen atoms in total. The Bertz CT molecular complexity index is 426. The second-order valence-corrected chi connectivity index (χ2v) is 4.09. The van der Waals surface area contributed by atoms with E-state index in [-0.39, 0.29) is 25.0 Å². The molecular formula is C13H19FN2O3. The molecule has 1 aromatic rings. The Morgan fingerprint density at radius 1 is 1.47 bits per heavy atom. The number of carbonyl (C=O) groups is 1. The molecule has 0 spiro atoms. The van der Waals surface area contributed by atoms with Crippen molar-refractivity contribution in [1.29, 1.82) is 0 Å². The number of hydrogen-bond donors (Lipinski definition) is 2. The molecule has 0 bridgehead atoms. The first kappa shape index (κ1) is 15.4. The Hall–Kier alpha value is -1.66. The van der Waals surface area contributed by atoms with Gasteiger partial charge in [-0.15, -0.1) is 0 Å². The topological polar surface area (TPSA) is 61.8 Å². The predicted molar refractivity (Wildman–Crippen MR) is 70.7 cm³/mol.